The summed E-state index contributed by atoms with van der Waals surface area (Å²) in [5, 5.41) is 0. The maximum atomic E-state index is 12.6. The molecule has 2 aliphatic rings. The van der Waals surface area contributed by atoms with Gasteiger partial charge in [0.2, 0.25) is 12.7 Å². The van der Waals surface area contributed by atoms with E-state index in [0.717, 1.165) is 56.2 Å². The van der Waals surface area contributed by atoms with Crippen molar-refractivity contribution in [1.82, 2.24) is 9.80 Å². The molecule has 0 saturated carbocycles. The summed E-state index contributed by atoms with van der Waals surface area (Å²) in [5.74, 6) is 1.87. The van der Waals surface area contributed by atoms with Crippen LogP contribution in [0.2, 0.25) is 0 Å². The lowest BCUT2D eigenvalue weighted by Gasteiger charge is -2.35. The molecule has 2 aliphatic heterocycles. The van der Waals surface area contributed by atoms with Gasteiger partial charge in [0.15, 0.2) is 11.5 Å². The number of amides is 1. The van der Waals surface area contributed by atoms with Gasteiger partial charge in [-0.2, -0.15) is 0 Å². The van der Waals surface area contributed by atoms with Crippen molar-refractivity contribution in [1.29, 1.82) is 0 Å². The molecule has 2 aromatic rings. The lowest BCUT2D eigenvalue weighted by Crippen LogP contribution is -2.48. The van der Waals surface area contributed by atoms with Crippen molar-refractivity contribution in [2.75, 3.05) is 33.0 Å². The highest BCUT2D eigenvalue weighted by atomic mass is 16.7. The maximum absolute atomic E-state index is 12.6. The number of carbonyl (C=O) groups is 1. The highest BCUT2D eigenvalue weighted by Crippen LogP contribution is 2.32. The number of ether oxygens (including phenoxy) is 2. The number of hydrogen-bond acceptors (Lipinski definition) is 4. The minimum Gasteiger partial charge on any atom is -0.454 e. The second kappa shape index (κ2) is 8.01. The number of rotatable bonds is 5. The zero-order valence-corrected chi connectivity index (χ0v) is 15.8. The molecular formula is C22H26N2O3. The zero-order valence-electron chi connectivity index (χ0n) is 15.8. The summed E-state index contributed by atoms with van der Waals surface area (Å²) in [6, 6.07) is 14.5. The summed E-state index contributed by atoms with van der Waals surface area (Å²) < 4.78 is 10.8. The van der Waals surface area contributed by atoms with Crippen LogP contribution in [0.25, 0.3) is 0 Å². The zero-order chi connectivity index (χ0) is 18.6. The van der Waals surface area contributed by atoms with Crippen LogP contribution < -0.4 is 9.47 Å². The van der Waals surface area contributed by atoms with E-state index in [4.69, 9.17) is 9.47 Å². The number of aryl methyl sites for hydroxylation is 1. The number of nitrogens with zero attached hydrogens (tertiary/aromatic N) is 2. The molecule has 142 valence electrons. The molecule has 0 aliphatic carbocycles. The molecule has 0 spiro atoms. The predicted octanol–water partition coefficient (Wildman–Crippen LogP) is 2.86. The van der Waals surface area contributed by atoms with Crippen LogP contribution in [0.5, 0.6) is 11.5 Å². The van der Waals surface area contributed by atoms with Crippen molar-refractivity contribution in [2.24, 2.45) is 0 Å². The first-order valence-corrected chi connectivity index (χ1v) is 9.68. The highest BCUT2D eigenvalue weighted by Gasteiger charge is 2.22. The van der Waals surface area contributed by atoms with E-state index < -0.39 is 0 Å². The molecule has 5 nitrogen and oxygen atoms in total. The van der Waals surface area contributed by atoms with E-state index in [-0.39, 0.29) is 5.91 Å². The Morgan fingerprint density at radius 1 is 0.889 bits per heavy atom. The molecule has 2 heterocycles. The normalized spacial score (nSPS) is 16.6. The molecule has 1 fully saturated rings. The van der Waals surface area contributed by atoms with Gasteiger partial charge in [0, 0.05) is 32.7 Å². The molecule has 5 heteroatoms. The van der Waals surface area contributed by atoms with Crippen molar-refractivity contribution in [3.63, 3.8) is 0 Å². The molecule has 0 atom stereocenters. The third-order valence-electron chi connectivity index (χ3n) is 5.35. The van der Waals surface area contributed by atoms with Gasteiger partial charge in [-0.25, -0.2) is 0 Å². The van der Waals surface area contributed by atoms with Crippen LogP contribution in [0.3, 0.4) is 0 Å². The number of carbonyl (C=O) groups excluding carboxylic acids is 1. The second-order valence-corrected chi connectivity index (χ2v) is 7.19. The van der Waals surface area contributed by atoms with E-state index in [0.29, 0.717) is 13.2 Å². The Hall–Kier alpha value is -2.53. The van der Waals surface area contributed by atoms with Gasteiger partial charge < -0.3 is 14.4 Å². The molecule has 2 aromatic carbocycles. The van der Waals surface area contributed by atoms with Gasteiger partial charge in [0.25, 0.3) is 0 Å². The Labute approximate surface area is 160 Å². The summed E-state index contributed by atoms with van der Waals surface area (Å²) in [6.07, 6.45) is 1.52. The van der Waals surface area contributed by atoms with Crippen LogP contribution in [0.15, 0.2) is 42.5 Å². The first-order valence-electron chi connectivity index (χ1n) is 9.68. The number of fused-ring (bicyclic) bond motifs is 1. The first kappa shape index (κ1) is 17.9. The summed E-state index contributed by atoms with van der Waals surface area (Å²) in [5.41, 5.74) is 3.62. The number of piperazine rings is 1. The van der Waals surface area contributed by atoms with Gasteiger partial charge in [-0.3, -0.25) is 9.69 Å². The summed E-state index contributed by atoms with van der Waals surface area (Å²) >= 11 is 0. The molecule has 27 heavy (non-hydrogen) atoms. The Bertz CT molecular complexity index is 796. The van der Waals surface area contributed by atoms with Crippen molar-refractivity contribution in [3.8, 4) is 11.5 Å². The van der Waals surface area contributed by atoms with Gasteiger partial charge >= 0.3 is 0 Å². The van der Waals surface area contributed by atoms with E-state index >= 15 is 0 Å². The van der Waals surface area contributed by atoms with Crippen LogP contribution in [0.1, 0.15) is 23.6 Å². The Morgan fingerprint density at radius 3 is 2.30 bits per heavy atom. The van der Waals surface area contributed by atoms with Gasteiger partial charge in [0.1, 0.15) is 0 Å². The van der Waals surface area contributed by atoms with E-state index in [1.165, 1.54) is 11.1 Å². The van der Waals surface area contributed by atoms with Crippen LogP contribution in [0.4, 0.5) is 0 Å². The average Bonchev–Trinajstić information content (AvgIpc) is 3.17. The van der Waals surface area contributed by atoms with Gasteiger partial charge in [-0.1, -0.05) is 37.3 Å². The Morgan fingerprint density at radius 2 is 1.56 bits per heavy atom. The van der Waals surface area contributed by atoms with Crippen molar-refractivity contribution < 1.29 is 14.3 Å². The summed E-state index contributed by atoms with van der Waals surface area (Å²) in [6.45, 7) is 6.69. The predicted molar refractivity (Wildman–Crippen MR) is 104 cm³/mol. The quantitative estimate of drug-likeness (QED) is 0.816. The standard InChI is InChI=1S/C22H26N2O3/c1-2-17-3-5-18(6-4-17)14-22(25)24-11-9-23(10-12-24)15-19-7-8-20-21(13-19)27-16-26-20/h3-8,13H,2,9-12,14-16H2,1H3. The van der Waals surface area contributed by atoms with E-state index in [9.17, 15) is 4.79 Å². The lowest BCUT2D eigenvalue weighted by molar-refractivity contribution is -0.132. The number of hydrogen-bond donors (Lipinski definition) is 0. The molecule has 0 aromatic heterocycles. The SMILES string of the molecule is CCc1ccc(CC(=O)N2CCN(Cc3ccc4c(c3)OCO4)CC2)cc1. The molecule has 0 bridgehead atoms. The minimum absolute atomic E-state index is 0.224. The van der Waals surface area contributed by atoms with Crippen molar-refractivity contribution in [2.45, 2.75) is 26.3 Å². The molecule has 1 amide bonds. The molecule has 0 unspecified atom stereocenters. The maximum Gasteiger partial charge on any atom is 0.231 e. The summed E-state index contributed by atoms with van der Waals surface area (Å²) in [4.78, 5) is 17.0. The highest BCUT2D eigenvalue weighted by molar-refractivity contribution is 5.78. The Balaban J connectivity index is 1.27. The fraction of sp³-hybridized carbons (Fsp3) is 0.409. The minimum atomic E-state index is 0.224. The third kappa shape index (κ3) is 4.25. The van der Waals surface area contributed by atoms with Crippen LogP contribution in [0, 0.1) is 0 Å². The smallest absolute Gasteiger partial charge is 0.231 e. The molecule has 1 saturated heterocycles. The first-order chi connectivity index (χ1) is 13.2. The third-order valence-corrected chi connectivity index (χ3v) is 5.35. The van der Waals surface area contributed by atoms with Gasteiger partial charge in [0.05, 0.1) is 6.42 Å². The Kier molecular flexibility index (Phi) is 5.30. The van der Waals surface area contributed by atoms with Crippen LogP contribution in [-0.2, 0) is 24.2 Å². The number of benzene rings is 2. The molecular weight excluding hydrogens is 340 g/mol. The lowest BCUT2D eigenvalue weighted by atomic mass is 10.1. The van der Waals surface area contributed by atoms with E-state index in [1.807, 2.05) is 11.0 Å². The van der Waals surface area contributed by atoms with E-state index in [1.54, 1.807) is 0 Å². The fourth-order valence-corrected chi connectivity index (χ4v) is 3.63. The molecule has 0 radical (unpaired) electrons. The molecule has 4 rings (SSSR count). The van der Waals surface area contributed by atoms with E-state index in [2.05, 4.69) is 48.2 Å². The average molecular weight is 366 g/mol. The van der Waals surface area contributed by atoms with Gasteiger partial charge in [-0.05, 0) is 35.2 Å². The topological polar surface area (TPSA) is 42.0 Å². The second-order valence-electron chi connectivity index (χ2n) is 7.19. The van der Waals surface area contributed by atoms with Crippen LogP contribution in [-0.4, -0.2) is 48.7 Å². The molecule has 0 N–H and O–H groups in total. The van der Waals surface area contributed by atoms with Crippen molar-refractivity contribution >= 4 is 5.91 Å². The summed E-state index contributed by atoms with van der Waals surface area (Å²) in [7, 11) is 0. The van der Waals surface area contributed by atoms with Crippen LogP contribution >= 0.6 is 0 Å². The van der Waals surface area contributed by atoms with Gasteiger partial charge in [-0.15, -0.1) is 0 Å². The van der Waals surface area contributed by atoms with Crippen molar-refractivity contribution in [3.05, 3.63) is 59.2 Å². The fourth-order valence-electron chi connectivity index (χ4n) is 3.63. The largest absolute Gasteiger partial charge is 0.454 e. The monoisotopic (exact) mass is 366 g/mol.